The molecule has 0 saturated carbocycles. The fraction of sp³-hybridized carbons (Fsp3) is 0.261. The Bertz CT molecular complexity index is 1070. The second-order valence-electron chi connectivity index (χ2n) is 7.14. The zero-order chi connectivity index (χ0) is 20.4. The van der Waals surface area contributed by atoms with Crippen LogP contribution in [0.25, 0.3) is 5.69 Å². The predicted molar refractivity (Wildman–Crippen MR) is 110 cm³/mol. The highest BCUT2D eigenvalue weighted by Gasteiger charge is 2.25. The summed E-state index contributed by atoms with van der Waals surface area (Å²) in [6, 6.07) is 14.9. The number of ether oxygens (including phenoxy) is 1. The van der Waals surface area contributed by atoms with Crippen molar-refractivity contribution < 1.29 is 14.3 Å². The largest absolute Gasteiger partial charge is 0.496 e. The minimum atomic E-state index is -0.156. The number of aryl methyl sites for hydroxylation is 1. The van der Waals surface area contributed by atoms with Crippen LogP contribution >= 0.6 is 0 Å². The van der Waals surface area contributed by atoms with E-state index in [-0.39, 0.29) is 11.7 Å². The van der Waals surface area contributed by atoms with E-state index in [1.54, 1.807) is 19.2 Å². The van der Waals surface area contributed by atoms with Gasteiger partial charge < -0.3 is 10.1 Å². The van der Waals surface area contributed by atoms with Gasteiger partial charge in [0.15, 0.2) is 5.78 Å². The Labute approximate surface area is 169 Å². The van der Waals surface area contributed by atoms with E-state index in [0.717, 1.165) is 46.8 Å². The molecule has 1 N–H and O–H groups in total. The van der Waals surface area contributed by atoms with Gasteiger partial charge in [0.05, 0.1) is 29.7 Å². The number of hydrogen-bond donors (Lipinski definition) is 1. The Morgan fingerprint density at radius 2 is 1.90 bits per heavy atom. The number of rotatable bonds is 5. The van der Waals surface area contributed by atoms with E-state index in [2.05, 4.69) is 10.4 Å². The topological polar surface area (TPSA) is 73.2 Å². The number of amides is 1. The molecule has 1 amide bonds. The summed E-state index contributed by atoms with van der Waals surface area (Å²) in [6.45, 7) is 2.26. The Balaban J connectivity index is 1.51. The van der Waals surface area contributed by atoms with Crippen LogP contribution in [-0.2, 0) is 13.0 Å². The summed E-state index contributed by atoms with van der Waals surface area (Å²) >= 11 is 0. The van der Waals surface area contributed by atoms with Crippen LogP contribution in [0.15, 0.2) is 48.5 Å². The van der Waals surface area contributed by atoms with Crippen LogP contribution < -0.4 is 10.1 Å². The van der Waals surface area contributed by atoms with Gasteiger partial charge in [-0.1, -0.05) is 18.2 Å². The van der Waals surface area contributed by atoms with Crippen LogP contribution in [0.2, 0.25) is 0 Å². The predicted octanol–water partition coefficient (Wildman–Crippen LogP) is 3.64. The minimum Gasteiger partial charge on any atom is -0.496 e. The molecule has 6 heteroatoms. The first-order chi connectivity index (χ1) is 14.1. The molecular weight excluding hydrogens is 366 g/mol. The van der Waals surface area contributed by atoms with Crippen LogP contribution in [0, 0.1) is 6.92 Å². The number of methoxy groups -OCH3 is 1. The first-order valence-electron chi connectivity index (χ1n) is 9.70. The van der Waals surface area contributed by atoms with Crippen molar-refractivity contribution >= 4 is 11.7 Å². The summed E-state index contributed by atoms with van der Waals surface area (Å²) in [5.74, 6) is 0.759. The van der Waals surface area contributed by atoms with Crippen molar-refractivity contribution in [3.05, 3.63) is 76.6 Å². The van der Waals surface area contributed by atoms with Crippen LogP contribution in [-0.4, -0.2) is 28.6 Å². The SMILES string of the molecule is COc1ccccc1CNC(=O)c1ccc(-n2nc(C)c3c2CCCC3=O)cc1. The van der Waals surface area contributed by atoms with Gasteiger partial charge in [-0.05, 0) is 50.1 Å². The summed E-state index contributed by atoms with van der Waals surface area (Å²) in [5.41, 5.74) is 4.83. The Morgan fingerprint density at radius 1 is 1.14 bits per heavy atom. The molecule has 2 aromatic carbocycles. The number of aromatic nitrogens is 2. The zero-order valence-corrected chi connectivity index (χ0v) is 16.6. The van der Waals surface area contributed by atoms with Crippen LogP contribution in [0.4, 0.5) is 0 Å². The van der Waals surface area contributed by atoms with E-state index in [9.17, 15) is 9.59 Å². The number of fused-ring (bicyclic) bond motifs is 1. The smallest absolute Gasteiger partial charge is 0.251 e. The van der Waals surface area contributed by atoms with Crippen LogP contribution in [0.1, 0.15) is 50.5 Å². The molecule has 1 aliphatic carbocycles. The van der Waals surface area contributed by atoms with Gasteiger partial charge in [0, 0.05) is 24.1 Å². The number of benzene rings is 2. The second kappa shape index (κ2) is 7.91. The van der Waals surface area contributed by atoms with Gasteiger partial charge in [0.1, 0.15) is 5.75 Å². The van der Waals surface area contributed by atoms with Crippen molar-refractivity contribution in [1.82, 2.24) is 15.1 Å². The van der Waals surface area contributed by atoms with Crippen LogP contribution in [0.3, 0.4) is 0 Å². The van der Waals surface area contributed by atoms with Crippen LogP contribution in [0.5, 0.6) is 5.75 Å². The maximum absolute atomic E-state index is 12.5. The molecule has 1 aliphatic rings. The number of nitrogens with one attached hydrogen (secondary N) is 1. The van der Waals surface area contributed by atoms with E-state index in [1.165, 1.54) is 0 Å². The van der Waals surface area contributed by atoms with Gasteiger partial charge in [-0.2, -0.15) is 5.10 Å². The summed E-state index contributed by atoms with van der Waals surface area (Å²) in [6.07, 6.45) is 2.27. The van der Waals surface area contributed by atoms with E-state index in [0.29, 0.717) is 18.5 Å². The van der Waals surface area contributed by atoms with E-state index < -0.39 is 0 Å². The average molecular weight is 389 g/mol. The fourth-order valence-electron chi connectivity index (χ4n) is 3.80. The molecule has 3 aromatic rings. The van der Waals surface area contributed by atoms with Gasteiger partial charge in [-0.25, -0.2) is 4.68 Å². The third-order valence-electron chi connectivity index (χ3n) is 5.26. The van der Waals surface area contributed by atoms with E-state index >= 15 is 0 Å². The lowest BCUT2D eigenvalue weighted by Crippen LogP contribution is -2.23. The molecule has 0 spiro atoms. The molecule has 0 bridgehead atoms. The maximum Gasteiger partial charge on any atom is 0.251 e. The average Bonchev–Trinajstić information content (AvgIpc) is 3.10. The van der Waals surface area contributed by atoms with Gasteiger partial charge in [0.25, 0.3) is 5.91 Å². The molecule has 6 nitrogen and oxygen atoms in total. The molecule has 148 valence electrons. The summed E-state index contributed by atoms with van der Waals surface area (Å²) in [7, 11) is 1.61. The number of Topliss-reactive ketones (excluding diaryl/α,β-unsaturated/α-hetero) is 1. The summed E-state index contributed by atoms with van der Waals surface area (Å²) in [5, 5.41) is 7.49. The normalized spacial score (nSPS) is 13.1. The molecule has 0 atom stereocenters. The van der Waals surface area contributed by atoms with Gasteiger partial charge in [-0.3, -0.25) is 9.59 Å². The van der Waals surface area contributed by atoms with Gasteiger partial charge in [-0.15, -0.1) is 0 Å². The summed E-state index contributed by atoms with van der Waals surface area (Å²) in [4.78, 5) is 24.7. The van der Waals surface area contributed by atoms with Crippen molar-refractivity contribution in [3.63, 3.8) is 0 Å². The molecule has 4 rings (SSSR count). The first-order valence-corrected chi connectivity index (χ1v) is 9.70. The molecule has 0 radical (unpaired) electrons. The summed E-state index contributed by atoms with van der Waals surface area (Å²) < 4.78 is 7.15. The second-order valence-corrected chi connectivity index (χ2v) is 7.14. The first kappa shape index (κ1) is 18.9. The lowest BCUT2D eigenvalue weighted by atomic mass is 9.94. The highest BCUT2D eigenvalue weighted by atomic mass is 16.5. The minimum absolute atomic E-state index is 0.156. The van der Waals surface area contributed by atoms with E-state index in [4.69, 9.17) is 4.74 Å². The number of carbonyl (C=O) groups is 2. The van der Waals surface area contributed by atoms with Gasteiger partial charge in [0.2, 0.25) is 0 Å². The zero-order valence-electron chi connectivity index (χ0n) is 16.6. The van der Waals surface area contributed by atoms with E-state index in [1.807, 2.05) is 48.0 Å². The maximum atomic E-state index is 12.5. The molecule has 29 heavy (non-hydrogen) atoms. The Kier molecular flexibility index (Phi) is 5.16. The van der Waals surface area contributed by atoms with Gasteiger partial charge >= 0.3 is 0 Å². The molecule has 0 unspecified atom stereocenters. The number of nitrogens with zero attached hydrogens (tertiary/aromatic N) is 2. The molecule has 0 saturated heterocycles. The van der Waals surface area contributed by atoms with Crippen molar-refractivity contribution in [3.8, 4) is 11.4 Å². The number of ketones is 1. The van der Waals surface area contributed by atoms with Crippen molar-refractivity contribution in [1.29, 1.82) is 0 Å². The molecule has 1 heterocycles. The fourth-order valence-corrected chi connectivity index (χ4v) is 3.80. The lowest BCUT2D eigenvalue weighted by Gasteiger charge is -2.14. The Morgan fingerprint density at radius 3 is 2.66 bits per heavy atom. The monoisotopic (exact) mass is 389 g/mol. The lowest BCUT2D eigenvalue weighted by molar-refractivity contribution is 0.0948. The Hall–Kier alpha value is -3.41. The van der Waals surface area contributed by atoms with Crippen molar-refractivity contribution in [2.45, 2.75) is 32.7 Å². The third-order valence-corrected chi connectivity index (χ3v) is 5.26. The quantitative estimate of drug-likeness (QED) is 0.723. The number of hydrogen-bond acceptors (Lipinski definition) is 4. The standard InChI is InChI=1S/C23H23N3O3/c1-15-22-19(7-5-8-20(22)27)26(25-15)18-12-10-16(11-13-18)23(28)24-14-17-6-3-4-9-21(17)29-2/h3-4,6,9-13H,5,7-8,14H2,1-2H3,(H,24,28). The van der Waals surface area contributed by atoms with Crippen molar-refractivity contribution in [2.24, 2.45) is 0 Å². The van der Waals surface area contributed by atoms with Crippen molar-refractivity contribution in [2.75, 3.05) is 7.11 Å². The number of para-hydroxylation sites is 1. The number of carbonyl (C=O) groups excluding carboxylic acids is 2. The highest BCUT2D eigenvalue weighted by Crippen LogP contribution is 2.26. The third kappa shape index (κ3) is 3.66. The molecule has 0 aliphatic heterocycles. The highest BCUT2D eigenvalue weighted by molar-refractivity contribution is 5.99. The molecule has 1 aromatic heterocycles. The molecule has 0 fully saturated rings. The molecular formula is C23H23N3O3.